The number of halogens is 1. The highest BCUT2D eigenvalue weighted by atomic mass is 35.5. The number of benzene rings is 2. The van der Waals surface area contributed by atoms with Crippen LogP contribution in [0.1, 0.15) is 16.1 Å². The van der Waals surface area contributed by atoms with E-state index in [1.165, 1.54) is 0 Å². The standard InChI is InChI=1S/C21H22ClN5O/c22-18-8-4-5-9-20(18)26-13-10-25(11-14-26)12-15-27-16-19(23-24-27)21(28)17-6-2-1-3-7-17/h1-9,16H,10-15H2. The number of piperazine rings is 1. The fourth-order valence-electron chi connectivity index (χ4n) is 3.41. The van der Waals surface area contributed by atoms with Gasteiger partial charge in [0.1, 0.15) is 0 Å². The van der Waals surface area contributed by atoms with Gasteiger partial charge in [0.15, 0.2) is 5.69 Å². The molecule has 4 rings (SSSR count). The first-order valence-electron chi connectivity index (χ1n) is 9.42. The van der Waals surface area contributed by atoms with Crippen LogP contribution in [-0.2, 0) is 6.54 Å². The van der Waals surface area contributed by atoms with Crippen LogP contribution < -0.4 is 4.90 Å². The summed E-state index contributed by atoms with van der Waals surface area (Å²) < 4.78 is 1.75. The Bertz CT molecular complexity index is 935. The van der Waals surface area contributed by atoms with Crippen LogP contribution in [0.5, 0.6) is 0 Å². The third-order valence-electron chi connectivity index (χ3n) is 5.02. The van der Waals surface area contributed by atoms with Gasteiger partial charge in [-0.1, -0.05) is 59.3 Å². The lowest BCUT2D eigenvalue weighted by molar-refractivity contribution is 0.103. The summed E-state index contributed by atoms with van der Waals surface area (Å²) in [6.45, 7) is 5.41. The van der Waals surface area contributed by atoms with Gasteiger partial charge in [-0.3, -0.25) is 14.4 Å². The van der Waals surface area contributed by atoms with Crippen molar-refractivity contribution in [2.45, 2.75) is 6.54 Å². The van der Waals surface area contributed by atoms with E-state index in [9.17, 15) is 4.79 Å². The van der Waals surface area contributed by atoms with E-state index >= 15 is 0 Å². The van der Waals surface area contributed by atoms with E-state index in [0.717, 1.165) is 43.4 Å². The fraction of sp³-hybridized carbons (Fsp3) is 0.286. The smallest absolute Gasteiger partial charge is 0.214 e. The number of hydrogen-bond donors (Lipinski definition) is 0. The van der Waals surface area contributed by atoms with Gasteiger partial charge in [0.25, 0.3) is 0 Å². The van der Waals surface area contributed by atoms with Crippen LogP contribution in [0.3, 0.4) is 0 Å². The van der Waals surface area contributed by atoms with Crippen molar-refractivity contribution in [3.63, 3.8) is 0 Å². The topological polar surface area (TPSA) is 54.3 Å². The third-order valence-corrected chi connectivity index (χ3v) is 5.34. The number of para-hydroxylation sites is 1. The summed E-state index contributed by atoms with van der Waals surface area (Å²) in [5.41, 5.74) is 2.11. The molecule has 0 spiro atoms. The summed E-state index contributed by atoms with van der Waals surface area (Å²) in [6, 6.07) is 17.1. The monoisotopic (exact) mass is 395 g/mol. The van der Waals surface area contributed by atoms with Gasteiger partial charge in [0.05, 0.1) is 23.5 Å². The summed E-state index contributed by atoms with van der Waals surface area (Å²) in [5, 5.41) is 8.95. The second-order valence-electron chi connectivity index (χ2n) is 6.84. The first kappa shape index (κ1) is 18.7. The first-order chi connectivity index (χ1) is 13.7. The molecule has 2 aromatic carbocycles. The van der Waals surface area contributed by atoms with Gasteiger partial charge < -0.3 is 4.90 Å². The van der Waals surface area contributed by atoms with E-state index in [4.69, 9.17) is 11.6 Å². The Balaban J connectivity index is 1.29. The largest absolute Gasteiger partial charge is 0.368 e. The number of aromatic nitrogens is 3. The van der Waals surface area contributed by atoms with Gasteiger partial charge in [-0.15, -0.1) is 5.10 Å². The van der Waals surface area contributed by atoms with Crippen LogP contribution in [0.15, 0.2) is 60.8 Å². The van der Waals surface area contributed by atoms with Gasteiger partial charge in [0.2, 0.25) is 5.78 Å². The van der Waals surface area contributed by atoms with Crippen molar-refractivity contribution in [1.82, 2.24) is 19.9 Å². The number of carbonyl (C=O) groups is 1. The Morgan fingerprint density at radius 1 is 0.929 bits per heavy atom. The Labute approximate surface area is 169 Å². The molecule has 0 bridgehead atoms. The maximum atomic E-state index is 12.4. The van der Waals surface area contributed by atoms with Crippen LogP contribution in [0, 0.1) is 0 Å². The first-order valence-corrected chi connectivity index (χ1v) is 9.80. The number of carbonyl (C=O) groups excluding carboxylic acids is 1. The molecule has 144 valence electrons. The number of nitrogens with zero attached hydrogens (tertiary/aromatic N) is 5. The maximum absolute atomic E-state index is 12.4. The molecule has 0 unspecified atom stereocenters. The molecule has 6 nitrogen and oxygen atoms in total. The molecular formula is C21H22ClN5O. The zero-order valence-electron chi connectivity index (χ0n) is 15.5. The minimum Gasteiger partial charge on any atom is -0.368 e. The van der Waals surface area contributed by atoms with Crippen LogP contribution in [0.2, 0.25) is 5.02 Å². The molecule has 3 aromatic rings. The van der Waals surface area contributed by atoms with Crippen LogP contribution in [0.25, 0.3) is 0 Å². The molecule has 0 aliphatic carbocycles. The van der Waals surface area contributed by atoms with Crippen molar-refractivity contribution >= 4 is 23.1 Å². The Morgan fingerprint density at radius 2 is 1.64 bits per heavy atom. The number of ketones is 1. The average molecular weight is 396 g/mol. The van der Waals surface area contributed by atoms with E-state index in [1.54, 1.807) is 23.0 Å². The number of hydrogen-bond acceptors (Lipinski definition) is 5. The molecule has 0 saturated carbocycles. The summed E-state index contributed by atoms with van der Waals surface area (Å²) in [7, 11) is 0. The molecule has 7 heteroatoms. The minimum absolute atomic E-state index is 0.0970. The number of rotatable bonds is 6. The highest BCUT2D eigenvalue weighted by Crippen LogP contribution is 2.25. The fourth-order valence-corrected chi connectivity index (χ4v) is 3.67. The van der Waals surface area contributed by atoms with Crippen molar-refractivity contribution in [2.75, 3.05) is 37.6 Å². The molecule has 1 saturated heterocycles. The lowest BCUT2D eigenvalue weighted by atomic mass is 10.1. The lowest BCUT2D eigenvalue weighted by Gasteiger charge is -2.36. The summed E-state index contributed by atoms with van der Waals surface area (Å²) in [6.07, 6.45) is 1.73. The van der Waals surface area contributed by atoms with E-state index in [2.05, 4.69) is 26.2 Å². The normalized spacial score (nSPS) is 15.0. The second-order valence-corrected chi connectivity index (χ2v) is 7.25. The van der Waals surface area contributed by atoms with E-state index in [-0.39, 0.29) is 5.78 Å². The molecule has 0 amide bonds. The van der Waals surface area contributed by atoms with E-state index in [0.29, 0.717) is 17.8 Å². The highest BCUT2D eigenvalue weighted by molar-refractivity contribution is 6.33. The molecule has 2 heterocycles. The van der Waals surface area contributed by atoms with Gasteiger partial charge >= 0.3 is 0 Å². The molecule has 1 aliphatic rings. The van der Waals surface area contributed by atoms with Crippen molar-refractivity contribution in [1.29, 1.82) is 0 Å². The predicted octanol–water partition coefficient (Wildman–Crippen LogP) is 2.98. The van der Waals surface area contributed by atoms with Crippen molar-refractivity contribution in [3.8, 4) is 0 Å². The van der Waals surface area contributed by atoms with Crippen molar-refractivity contribution in [2.24, 2.45) is 0 Å². The zero-order valence-corrected chi connectivity index (χ0v) is 16.3. The highest BCUT2D eigenvalue weighted by Gasteiger charge is 2.19. The minimum atomic E-state index is -0.0970. The molecule has 1 aliphatic heterocycles. The molecular weight excluding hydrogens is 374 g/mol. The summed E-state index contributed by atoms with van der Waals surface area (Å²) in [4.78, 5) is 17.1. The maximum Gasteiger partial charge on any atom is 0.214 e. The third kappa shape index (κ3) is 4.24. The average Bonchev–Trinajstić information content (AvgIpc) is 3.22. The Morgan fingerprint density at radius 3 is 2.39 bits per heavy atom. The van der Waals surface area contributed by atoms with Crippen molar-refractivity contribution < 1.29 is 4.79 Å². The van der Waals surface area contributed by atoms with Crippen LogP contribution in [0.4, 0.5) is 5.69 Å². The molecule has 0 atom stereocenters. The van der Waals surface area contributed by atoms with Crippen molar-refractivity contribution in [3.05, 3.63) is 77.1 Å². The van der Waals surface area contributed by atoms with E-state index < -0.39 is 0 Å². The predicted molar refractivity (Wildman–Crippen MR) is 110 cm³/mol. The van der Waals surface area contributed by atoms with Gasteiger partial charge in [-0.25, -0.2) is 0 Å². The summed E-state index contributed by atoms with van der Waals surface area (Å²) >= 11 is 6.31. The van der Waals surface area contributed by atoms with E-state index in [1.807, 2.05) is 36.4 Å². The zero-order chi connectivity index (χ0) is 19.3. The van der Waals surface area contributed by atoms with Gasteiger partial charge in [-0.2, -0.15) is 0 Å². The summed E-state index contributed by atoms with van der Waals surface area (Å²) in [5.74, 6) is -0.0970. The number of anilines is 1. The van der Waals surface area contributed by atoms with Gasteiger partial charge in [0, 0.05) is 38.3 Å². The molecule has 0 radical (unpaired) electrons. The van der Waals surface area contributed by atoms with Crippen LogP contribution >= 0.6 is 11.6 Å². The molecule has 1 fully saturated rings. The lowest BCUT2D eigenvalue weighted by Crippen LogP contribution is -2.47. The quantitative estimate of drug-likeness (QED) is 0.600. The molecule has 0 N–H and O–H groups in total. The van der Waals surface area contributed by atoms with Gasteiger partial charge in [-0.05, 0) is 12.1 Å². The second kappa shape index (κ2) is 8.54. The molecule has 28 heavy (non-hydrogen) atoms. The molecule has 1 aromatic heterocycles. The SMILES string of the molecule is O=C(c1ccccc1)c1cn(CCN2CCN(c3ccccc3Cl)CC2)nn1. The Hall–Kier alpha value is -2.70. The Kier molecular flexibility index (Phi) is 5.69. The van der Waals surface area contributed by atoms with Crippen LogP contribution in [-0.4, -0.2) is 58.4 Å².